The molecule has 86 valence electrons. The maximum atomic E-state index is 11.6. The first-order valence-electron chi connectivity index (χ1n) is 5.95. The average molecular weight is 218 g/mol. The van der Waals surface area contributed by atoms with Crippen LogP contribution in [0.2, 0.25) is 0 Å². The Morgan fingerprint density at radius 2 is 1.94 bits per heavy atom. The fourth-order valence-electron chi connectivity index (χ4n) is 2.35. The van der Waals surface area contributed by atoms with E-state index in [-0.39, 0.29) is 0 Å². The van der Waals surface area contributed by atoms with Crippen molar-refractivity contribution in [3.63, 3.8) is 0 Å². The van der Waals surface area contributed by atoms with Gasteiger partial charge in [-0.3, -0.25) is 4.79 Å². The molecule has 1 aromatic rings. The van der Waals surface area contributed by atoms with E-state index in [1.807, 2.05) is 12.1 Å². The number of methoxy groups -OCH3 is 1. The van der Waals surface area contributed by atoms with Crippen LogP contribution < -0.4 is 4.74 Å². The van der Waals surface area contributed by atoms with E-state index in [4.69, 9.17) is 4.74 Å². The molecule has 2 rings (SSSR count). The van der Waals surface area contributed by atoms with E-state index in [9.17, 15) is 4.79 Å². The molecule has 1 unspecified atom stereocenters. The maximum Gasteiger partial charge on any atom is 0.133 e. The zero-order valence-electron chi connectivity index (χ0n) is 9.74. The summed E-state index contributed by atoms with van der Waals surface area (Å²) in [5.74, 6) is 1.71. The van der Waals surface area contributed by atoms with Crippen LogP contribution in [0.1, 0.15) is 43.6 Å². The van der Waals surface area contributed by atoms with Gasteiger partial charge in [-0.25, -0.2) is 0 Å². The van der Waals surface area contributed by atoms with Crippen molar-refractivity contribution in [2.24, 2.45) is 0 Å². The number of carbonyl (C=O) groups excluding carboxylic acids is 1. The molecule has 2 heteroatoms. The molecule has 0 spiro atoms. The predicted octanol–water partition coefficient (Wildman–Crippen LogP) is 3.31. The van der Waals surface area contributed by atoms with Crippen LogP contribution in [0.15, 0.2) is 24.3 Å². The van der Waals surface area contributed by atoms with Gasteiger partial charge in [0.2, 0.25) is 0 Å². The lowest BCUT2D eigenvalue weighted by atomic mass is 9.91. The summed E-state index contributed by atoms with van der Waals surface area (Å²) in [6, 6.07) is 8.12. The third-order valence-corrected chi connectivity index (χ3v) is 3.32. The molecule has 2 nitrogen and oxygen atoms in total. The molecule has 16 heavy (non-hydrogen) atoms. The number of carbonyl (C=O) groups is 1. The van der Waals surface area contributed by atoms with Gasteiger partial charge in [-0.15, -0.1) is 0 Å². The molecule has 1 aromatic carbocycles. The van der Waals surface area contributed by atoms with Crippen molar-refractivity contribution in [2.45, 2.75) is 38.0 Å². The second-order valence-corrected chi connectivity index (χ2v) is 4.46. The summed E-state index contributed by atoms with van der Waals surface area (Å²) in [5.41, 5.74) is 1.27. The Balaban J connectivity index is 2.12. The highest BCUT2D eigenvalue weighted by Crippen LogP contribution is 2.30. The summed E-state index contributed by atoms with van der Waals surface area (Å²) in [6.07, 6.45) is 4.85. The van der Waals surface area contributed by atoms with Gasteiger partial charge in [-0.2, -0.15) is 0 Å². The van der Waals surface area contributed by atoms with Crippen molar-refractivity contribution in [1.82, 2.24) is 0 Å². The molecule has 1 atom stereocenters. The molecule has 0 bridgehead atoms. The molecule has 0 aliphatic heterocycles. The molecule has 0 heterocycles. The fraction of sp³-hybridized carbons (Fsp3) is 0.500. The van der Waals surface area contributed by atoms with Crippen molar-refractivity contribution < 1.29 is 9.53 Å². The van der Waals surface area contributed by atoms with Gasteiger partial charge >= 0.3 is 0 Å². The van der Waals surface area contributed by atoms with Gasteiger partial charge in [-0.1, -0.05) is 18.6 Å². The molecule has 0 amide bonds. The van der Waals surface area contributed by atoms with Gasteiger partial charge in [-0.05, 0) is 36.5 Å². The molecule has 0 aromatic heterocycles. The van der Waals surface area contributed by atoms with Crippen molar-refractivity contribution in [3.8, 4) is 5.75 Å². The molecular formula is C14H18O2. The number of ether oxygens (including phenoxy) is 1. The van der Waals surface area contributed by atoms with Crippen LogP contribution >= 0.6 is 0 Å². The maximum absolute atomic E-state index is 11.6. The highest BCUT2D eigenvalue weighted by molar-refractivity contribution is 5.79. The summed E-state index contributed by atoms with van der Waals surface area (Å²) >= 11 is 0. The first-order chi connectivity index (χ1) is 7.79. The standard InChI is InChI=1S/C14H18O2/c1-16-14-8-6-11(7-9-14)12-4-2-3-5-13(15)10-12/h6-9,12H,2-5,10H2,1H3. The van der Waals surface area contributed by atoms with Crippen LogP contribution in [0.5, 0.6) is 5.75 Å². The normalized spacial score (nSPS) is 21.6. The highest BCUT2D eigenvalue weighted by Gasteiger charge is 2.19. The quantitative estimate of drug-likeness (QED) is 0.712. The molecule has 1 aliphatic rings. The number of rotatable bonds is 2. The zero-order chi connectivity index (χ0) is 11.4. The molecule has 0 N–H and O–H groups in total. The van der Waals surface area contributed by atoms with Crippen molar-refractivity contribution in [3.05, 3.63) is 29.8 Å². The lowest BCUT2D eigenvalue weighted by molar-refractivity contribution is -0.119. The lowest BCUT2D eigenvalue weighted by Gasteiger charge is -2.13. The number of Topliss-reactive ketones (excluding diaryl/α,β-unsaturated/α-hetero) is 1. The topological polar surface area (TPSA) is 26.3 Å². The van der Waals surface area contributed by atoms with E-state index in [1.165, 1.54) is 12.0 Å². The van der Waals surface area contributed by atoms with E-state index in [0.717, 1.165) is 25.0 Å². The van der Waals surface area contributed by atoms with Gasteiger partial charge in [0.1, 0.15) is 11.5 Å². The van der Waals surface area contributed by atoms with E-state index < -0.39 is 0 Å². The SMILES string of the molecule is COc1ccc(C2CCCCC(=O)C2)cc1. The first kappa shape index (κ1) is 11.2. The molecule has 0 saturated heterocycles. The Bertz CT molecular complexity index is 354. The fourth-order valence-corrected chi connectivity index (χ4v) is 2.35. The Morgan fingerprint density at radius 1 is 1.19 bits per heavy atom. The van der Waals surface area contributed by atoms with Crippen LogP contribution in [0.4, 0.5) is 0 Å². The van der Waals surface area contributed by atoms with Crippen LogP contribution in [0.25, 0.3) is 0 Å². The summed E-state index contributed by atoms with van der Waals surface area (Å²) < 4.78 is 5.14. The number of hydrogen-bond donors (Lipinski definition) is 0. The van der Waals surface area contributed by atoms with Crippen LogP contribution in [-0.4, -0.2) is 12.9 Å². The van der Waals surface area contributed by atoms with Crippen LogP contribution in [-0.2, 0) is 4.79 Å². The van der Waals surface area contributed by atoms with Crippen LogP contribution in [0.3, 0.4) is 0 Å². The Kier molecular flexibility index (Phi) is 3.60. The van der Waals surface area contributed by atoms with Crippen molar-refractivity contribution >= 4 is 5.78 Å². The average Bonchev–Trinajstić information content (AvgIpc) is 2.54. The minimum atomic E-state index is 0.415. The smallest absolute Gasteiger partial charge is 0.133 e. The third kappa shape index (κ3) is 2.63. The molecule has 1 aliphatic carbocycles. The predicted molar refractivity (Wildman–Crippen MR) is 63.8 cm³/mol. The Morgan fingerprint density at radius 3 is 2.62 bits per heavy atom. The monoisotopic (exact) mass is 218 g/mol. The van der Waals surface area contributed by atoms with E-state index in [1.54, 1.807) is 7.11 Å². The summed E-state index contributed by atoms with van der Waals surface area (Å²) in [4.78, 5) is 11.6. The molecule has 0 radical (unpaired) electrons. The van der Waals surface area contributed by atoms with Gasteiger partial charge in [0.05, 0.1) is 7.11 Å². The van der Waals surface area contributed by atoms with Crippen molar-refractivity contribution in [1.29, 1.82) is 0 Å². The minimum Gasteiger partial charge on any atom is -0.497 e. The van der Waals surface area contributed by atoms with Gasteiger partial charge in [0.25, 0.3) is 0 Å². The summed E-state index contributed by atoms with van der Waals surface area (Å²) in [5, 5.41) is 0. The van der Waals surface area contributed by atoms with Gasteiger partial charge in [0.15, 0.2) is 0 Å². The Labute approximate surface area is 96.6 Å². The van der Waals surface area contributed by atoms with Crippen molar-refractivity contribution in [2.75, 3.05) is 7.11 Å². The van der Waals surface area contributed by atoms with Gasteiger partial charge < -0.3 is 4.74 Å². The summed E-state index contributed by atoms with van der Waals surface area (Å²) in [7, 11) is 1.67. The number of hydrogen-bond acceptors (Lipinski definition) is 2. The second-order valence-electron chi connectivity index (χ2n) is 4.46. The number of benzene rings is 1. The highest BCUT2D eigenvalue weighted by atomic mass is 16.5. The molecular weight excluding hydrogens is 200 g/mol. The largest absolute Gasteiger partial charge is 0.497 e. The van der Waals surface area contributed by atoms with Gasteiger partial charge in [0, 0.05) is 12.8 Å². The first-order valence-corrected chi connectivity index (χ1v) is 5.95. The zero-order valence-corrected chi connectivity index (χ0v) is 9.74. The molecule has 1 fully saturated rings. The Hall–Kier alpha value is -1.31. The minimum absolute atomic E-state index is 0.415. The summed E-state index contributed by atoms with van der Waals surface area (Å²) in [6.45, 7) is 0. The van der Waals surface area contributed by atoms with E-state index in [0.29, 0.717) is 18.1 Å². The molecule has 1 saturated carbocycles. The lowest BCUT2D eigenvalue weighted by Crippen LogP contribution is -2.03. The third-order valence-electron chi connectivity index (χ3n) is 3.32. The van der Waals surface area contributed by atoms with Crippen LogP contribution in [0, 0.1) is 0 Å². The van der Waals surface area contributed by atoms with E-state index >= 15 is 0 Å². The number of ketones is 1. The second kappa shape index (κ2) is 5.15. The van der Waals surface area contributed by atoms with E-state index in [2.05, 4.69) is 12.1 Å².